The Hall–Kier alpha value is -1.44. The molecule has 1 saturated carbocycles. The minimum absolute atomic E-state index is 0.152. The van der Waals surface area contributed by atoms with Crippen molar-refractivity contribution in [3.8, 4) is 0 Å². The lowest BCUT2D eigenvalue weighted by molar-refractivity contribution is -0.217. The summed E-state index contributed by atoms with van der Waals surface area (Å²) in [4.78, 5) is 37.4. The molecule has 6 atom stereocenters. The van der Waals surface area contributed by atoms with Crippen LogP contribution in [0.4, 0.5) is 0 Å². The highest BCUT2D eigenvalue weighted by atomic mass is 35.5. The van der Waals surface area contributed by atoms with E-state index in [1.165, 1.54) is 34.6 Å². The Morgan fingerprint density at radius 2 is 1.83 bits per heavy atom. The van der Waals surface area contributed by atoms with Gasteiger partial charge in [0.2, 0.25) is 0 Å². The number of Topliss-reactive ketones (excluding diaryl/α,β-unsaturated/α-hetero) is 1. The first-order valence-corrected chi connectivity index (χ1v) is 10.6. The third-order valence-electron chi connectivity index (χ3n) is 6.64. The molecule has 0 bridgehead atoms. The lowest BCUT2D eigenvalue weighted by atomic mass is 9.54. The monoisotopic (exact) mass is 444 g/mol. The van der Waals surface area contributed by atoms with E-state index in [1.54, 1.807) is 13.0 Å². The number of ketones is 1. The van der Waals surface area contributed by atoms with E-state index in [0.717, 1.165) is 0 Å². The topological polar surface area (TPSA) is 110 Å². The van der Waals surface area contributed by atoms with Crippen LogP contribution in [0.5, 0.6) is 0 Å². The summed E-state index contributed by atoms with van der Waals surface area (Å²) in [5.74, 6) is -2.11. The second-order valence-electron chi connectivity index (χ2n) is 9.84. The summed E-state index contributed by atoms with van der Waals surface area (Å²) in [6, 6.07) is 0. The van der Waals surface area contributed by atoms with E-state index in [2.05, 4.69) is 0 Å². The number of carbonyl (C=O) groups excluding carboxylic acids is 3. The van der Waals surface area contributed by atoms with Gasteiger partial charge in [-0.25, -0.2) is 4.79 Å². The van der Waals surface area contributed by atoms with E-state index < -0.39 is 51.6 Å². The molecule has 1 fully saturated rings. The molecular formula is C22H33ClO7. The molecule has 2 unspecified atom stereocenters. The molecule has 170 valence electrons. The average Bonchev–Trinajstić information content (AvgIpc) is 2.54. The van der Waals surface area contributed by atoms with Crippen LogP contribution in [-0.4, -0.2) is 56.2 Å². The maximum absolute atomic E-state index is 12.7. The summed E-state index contributed by atoms with van der Waals surface area (Å²) in [6.07, 6.45) is 1.86. The second-order valence-corrected chi connectivity index (χ2v) is 10.5. The maximum atomic E-state index is 12.7. The number of hydrogen-bond donors (Lipinski definition) is 2. The van der Waals surface area contributed by atoms with Crippen molar-refractivity contribution in [1.29, 1.82) is 0 Å². The minimum atomic E-state index is -1.92. The average molecular weight is 445 g/mol. The molecule has 0 saturated heterocycles. The second kappa shape index (κ2) is 7.92. The molecule has 0 aromatic carbocycles. The summed E-state index contributed by atoms with van der Waals surface area (Å²) in [6.45, 7) is 10.7. The smallest absolute Gasteiger partial charge is 0.339 e. The van der Waals surface area contributed by atoms with E-state index in [0.29, 0.717) is 12.8 Å². The van der Waals surface area contributed by atoms with Crippen molar-refractivity contribution in [2.24, 2.45) is 11.3 Å². The first kappa shape index (κ1) is 24.8. The van der Waals surface area contributed by atoms with Gasteiger partial charge in [-0.1, -0.05) is 13.0 Å². The number of rotatable bonds is 5. The molecule has 0 aromatic rings. The van der Waals surface area contributed by atoms with Gasteiger partial charge in [0, 0.05) is 24.8 Å². The molecule has 2 N–H and O–H groups in total. The molecule has 30 heavy (non-hydrogen) atoms. The Kier molecular flexibility index (Phi) is 6.55. The first-order chi connectivity index (χ1) is 13.4. The Labute approximate surface area is 182 Å². The summed E-state index contributed by atoms with van der Waals surface area (Å²) >= 11 is 5.94. The molecule has 0 spiro atoms. The van der Waals surface area contributed by atoms with Crippen LogP contribution in [0.25, 0.3) is 0 Å². The van der Waals surface area contributed by atoms with Gasteiger partial charge < -0.3 is 19.7 Å². The lowest BCUT2D eigenvalue weighted by Crippen LogP contribution is -2.62. The van der Waals surface area contributed by atoms with Crippen molar-refractivity contribution >= 4 is 29.3 Å². The molecule has 7 nitrogen and oxygen atoms in total. The third kappa shape index (κ3) is 4.43. The van der Waals surface area contributed by atoms with Crippen molar-refractivity contribution < 1.29 is 34.1 Å². The Morgan fingerprint density at radius 3 is 2.30 bits per heavy atom. The van der Waals surface area contributed by atoms with Gasteiger partial charge in [-0.05, 0) is 52.9 Å². The van der Waals surface area contributed by atoms with E-state index in [9.17, 15) is 24.6 Å². The van der Waals surface area contributed by atoms with Crippen molar-refractivity contribution in [3.05, 3.63) is 11.6 Å². The van der Waals surface area contributed by atoms with Crippen LogP contribution < -0.4 is 0 Å². The van der Waals surface area contributed by atoms with Gasteiger partial charge in [0.05, 0.1) is 11.0 Å². The van der Waals surface area contributed by atoms with Crippen molar-refractivity contribution in [2.45, 2.75) is 96.0 Å². The Morgan fingerprint density at radius 1 is 1.27 bits per heavy atom. The van der Waals surface area contributed by atoms with Crippen LogP contribution in [-0.2, 0) is 23.9 Å². The van der Waals surface area contributed by atoms with Crippen LogP contribution in [0.2, 0.25) is 0 Å². The number of ether oxygens (including phenoxy) is 2. The van der Waals surface area contributed by atoms with Crippen molar-refractivity contribution in [3.63, 3.8) is 0 Å². The highest BCUT2D eigenvalue weighted by Gasteiger charge is 2.60. The summed E-state index contributed by atoms with van der Waals surface area (Å²) < 4.78 is 11.4. The first-order valence-electron chi connectivity index (χ1n) is 10.2. The van der Waals surface area contributed by atoms with E-state index in [4.69, 9.17) is 21.1 Å². The quantitative estimate of drug-likeness (QED) is 0.495. The maximum Gasteiger partial charge on any atom is 0.339 e. The normalized spacial score (nSPS) is 34.9. The molecule has 0 heterocycles. The third-order valence-corrected chi connectivity index (χ3v) is 7.07. The van der Waals surface area contributed by atoms with E-state index >= 15 is 0 Å². The standard InChI is InChI=1S/C22H33ClO7/c1-12(23)21(6,28)18(26)29-17-8-9-20(5)11-15(25)14(19(3,4)27)10-16(20)22(17,7)30-13(2)24/h10,12,16-17,27-28H,8-9,11H2,1-7H3/t12?,16-,17+,20-,21?,22+/m1/s1. The van der Waals surface area contributed by atoms with Crippen LogP contribution in [0, 0.1) is 11.3 Å². The number of fused-ring (bicyclic) bond motifs is 1. The molecule has 0 radical (unpaired) electrons. The zero-order chi connectivity index (χ0) is 23.3. The Balaban J connectivity index is 2.53. The predicted octanol–water partition coefficient (Wildman–Crippen LogP) is 2.68. The van der Waals surface area contributed by atoms with E-state index in [-0.39, 0.29) is 17.8 Å². The zero-order valence-electron chi connectivity index (χ0n) is 18.7. The molecule has 8 heteroatoms. The van der Waals surface area contributed by atoms with Gasteiger partial charge in [0.15, 0.2) is 17.0 Å². The van der Waals surface area contributed by atoms with Gasteiger partial charge in [0.25, 0.3) is 0 Å². The molecule has 2 aliphatic carbocycles. The van der Waals surface area contributed by atoms with Crippen LogP contribution in [0.3, 0.4) is 0 Å². The molecule has 2 rings (SSSR count). The van der Waals surface area contributed by atoms with Crippen molar-refractivity contribution in [2.75, 3.05) is 0 Å². The molecule has 0 aliphatic heterocycles. The minimum Gasteiger partial charge on any atom is -0.456 e. The lowest BCUT2D eigenvalue weighted by Gasteiger charge is -2.55. The van der Waals surface area contributed by atoms with Crippen LogP contribution in [0.15, 0.2) is 11.6 Å². The van der Waals surface area contributed by atoms with Crippen molar-refractivity contribution in [1.82, 2.24) is 0 Å². The number of hydrogen-bond acceptors (Lipinski definition) is 7. The molecular weight excluding hydrogens is 412 g/mol. The van der Waals surface area contributed by atoms with Gasteiger partial charge in [-0.15, -0.1) is 11.6 Å². The summed E-state index contributed by atoms with van der Waals surface area (Å²) in [5, 5.41) is 20.0. The fraction of sp³-hybridized carbons (Fsp3) is 0.773. The van der Waals surface area contributed by atoms with Gasteiger partial charge in [-0.3, -0.25) is 9.59 Å². The number of esters is 2. The fourth-order valence-electron chi connectivity index (χ4n) is 4.65. The van der Waals surface area contributed by atoms with Gasteiger partial charge >= 0.3 is 11.9 Å². The number of halogens is 1. The highest BCUT2D eigenvalue weighted by molar-refractivity contribution is 6.22. The molecule has 2 aliphatic rings. The number of aliphatic hydroxyl groups is 2. The molecule has 0 aromatic heterocycles. The molecule has 0 amide bonds. The Bertz CT molecular complexity index is 764. The SMILES string of the molecule is CC(=O)O[C@]1(C)[C@@H](OC(=O)C(C)(O)C(C)Cl)CC[C@]2(C)CC(=O)C(C(C)(C)O)=C[C@H]21. The summed E-state index contributed by atoms with van der Waals surface area (Å²) in [7, 11) is 0. The number of alkyl halides is 1. The fourth-order valence-corrected chi connectivity index (χ4v) is 4.74. The van der Waals surface area contributed by atoms with Crippen LogP contribution >= 0.6 is 11.6 Å². The number of carbonyl (C=O) groups is 3. The largest absolute Gasteiger partial charge is 0.456 e. The summed E-state index contributed by atoms with van der Waals surface area (Å²) in [5.41, 5.74) is -4.87. The predicted molar refractivity (Wildman–Crippen MR) is 111 cm³/mol. The zero-order valence-corrected chi connectivity index (χ0v) is 19.5. The van der Waals surface area contributed by atoms with Gasteiger partial charge in [0.1, 0.15) is 6.10 Å². The van der Waals surface area contributed by atoms with Gasteiger partial charge in [-0.2, -0.15) is 0 Å². The highest BCUT2D eigenvalue weighted by Crippen LogP contribution is 2.55. The van der Waals surface area contributed by atoms with Crippen LogP contribution in [0.1, 0.15) is 67.7 Å². The van der Waals surface area contributed by atoms with E-state index in [1.807, 2.05) is 6.92 Å².